The van der Waals surface area contributed by atoms with E-state index in [1.807, 2.05) is 11.8 Å². The maximum atomic E-state index is 11.2. The van der Waals surface area contributed by atoms with E-state index in [1.54, 1.807) is 18.2 Å². The van der Waals surface area contributed by atoms with Gasteiger partial charge in [-0.3, -0.25) is 10.1 Å². The molecule has 1 fully saturated rings. The molecule has 2 atom stereocenters. The summed E-state index contributed by atoms with van der Waals surface area (Å²) in [5, 5.41) is 11.4. The van der Waals surface area contributed by atoms with Gasteiger partial charge in [-0.2, -0.15) is 0 Å². The SMILES string of the molecule is CC(N)C1CCCN(c2cccc(Cl)c2[N+](=O)[O-])C1. The highest BCUT2D eigenvalue weighted by Crippen LogP contribution is 2.37. The molecular weight excluding hydrogens is 266 g/mol. The third-order valence-electron chi connectivity index (χ3n) is 3.69. The summed E-state index contributed by atoms with van der Waals surface area (Å²) < 4.78 is 0. The van der Waals surface area contributed by atoms with Gasteiger partial charge in [0.1, 0.15) is 10.7 Å². The number of nitro benzene ring substituents is 1. The first-order valence-corrected chi connectivity index (χ1v) is 6.82. The van der Waals surface area contributed by atoms with Crippen molar-refractivity contribution in [3.63, 3.8) is 0 Å². The summed E-state index contributed by atoms with van der Waals surface area (Å²) in [5.41, 5.74) is 6.54. The molecule has 0 radical (unpaired) electrons. The van der Waals surface area contributed by atoms with Gasteiger partial charge in [0, 0.05) is 19.1 Å². The Balaban J connectivity index is 2.31. The number of anilines is 1. The molecule has 1 aliphatic rings. The number of nitrogens with two attached hydrogens (primary N) is 1. The number of hydrogen-bond acceptors (Lipinski definition) is 4. The van der Waals surface area contributed by atoms with Crippen LogP contribution in [0.2, 0.25) is 5.02 Å². The Kier molecular flexibility index (Phi) is 4.27. The normalized spacial score (nSPS) is 21.2. The van der Waals surface area contributed by atoms with Crippen molar-refractivity contribution in [2.24, 2.45) is 11.7 Å². The zero-order chi connectivity index (χ0) is 14.0. The molecular formula is C13H18ClN3O2. The van der Waals surface area contributed by atoms with Gasteiger partial charge in [-0.05, 0) is 37.8 Å². The number of nitro groups is 1. The molecule has 2 unspecified atom stereocenters. The molecule has 1 heterocycles. The fraction of sp³-hybridized carbons (Fsp3) is 0.538. The van der Waals surface area contributed by atoms with Crippen LogP contribution in [0.4, 0.5) is 11.4 Å². The maximum Gasteiger partial charge on any atom is 0.310 e. The number of hydrogen-bond donors (Lipinski definition) is 1. The van der Waals surface area contributed by atoms with Crippen molar-refractivity contribution in [3.8, 4) is 0 Å². The van der Waals surface area contributed by atoms with Gasteiger partial charge >= 0.3 is 5.69 Å². The minimum absolute atomic E-state index is 0.00510. The molecule has 2 N–H and O–H groups in total. The number of nitrogens with zero attached hydrogens (tertiary/aromatic N) is 2. The Labute approximate surface area is 117 Å². The van der Waals surface area contributed by atoms with E-state index in [1.165, 1.54) is 0 Å². The number of benzene rings is 1. The van der Waals surface area contributed by atoms with Crippen molar-refractivity contribution in [2.45, 2.75) is 25.8 Å². The number of rotatable bonds is 3. The molecule has 1 aromatic rings. The van der Waals surface area contributed by atoms with E-state index in [4.69, 9.17) is 17.3 Å². The predicted molar refractivity (Wildman–Crippen MR) is 76.7 cm³/mol. The summed E-state index contributed by atoms with van der Waals surface area (Å²) in [4.78, 5) is 12.8. The number of halogens is 1. The van der Waals surface area contributed by atoms with Crippen LogP contribution in [0.25, 0.3) is 0 Å². The van der Waals surface area contributed by atoms with Crippen LogP contribution >= 0.6 is 11.6 Å². The van der Waals surface area contributed by atoms with Crippen molar-refractivity contribution in [1.82, 2.24) is 0 Å². The fourth-order valence-corrected chi connectivity index (χ4v) is 2.84. The van der Waals surface area contributed by atoms with E-state index in [2.05, 4.69) is 0 Å². The molecule has 1 aliphatic heterocycles. The molecule has 0 amide bonds. The van der Waals surface area contributed by atoms with Gasteiger partial charge in [0.05, 0.1) is 4.92 Å². The Bertz CT molecular complexity index is 479. The van der Waals surface area contributed by atoms with Crippen LogP contribution in [0.5, 0.6) is 0 Å². The van der Waals surface area contributed by atoms with Crippen molar-refractivity contribution >= 4 is 23.0 Å². The Morgan fingerprint density at radius 1 is 1.58 bits per heavy atom. The third-order valence-corrected chi connectivity index (χ3v) is 4.00. The monoisotopic (exact) mass is 283 g/mol. The van der Waals surface area contributed by atoms with Crippen molar-refractivity contribution in [2.75, 3.05) is 18.0 Å². The summed E-state index contributed by atoms with van der Waals surface area (Å²) in [6, 6.07) is 5.16. The molecule has 1 aromatic carbocycles. The van der Waals surface area contributed by atoms with Crippen LogP contribution in [0, 0.1) is 16.0 Å². The van der Waals surface area contributed by atoms with E-state index in [9.17, 15) is 10.1 Å². The Morgan fingerprint density at radius 2 is 2.32 bits per heavy atom. The molecule has 0 saturated carbocycles. The molecule has 19 heavy (non-hydrogen) atoms. The minimum atomic E-state index is -0.410. The first-order valence-electron chi connectivity index (χ1n) is 6.44. The maximum absolute atomic E-state index is 11.2. The van der Waals surface area contributed by atoms with Crippen LogP contribution in [-0.4, -0.2) is 24.1 Å². The van der Waals surface area contributed by atoms with Crippen molar-refractivity contribution in [1.29, 1.82) is 0 Å². The van der Waals surface area contributed by atoms with Gasteiger partial charge in [0.2, 0.25) is 0 Å². The zero-order valence-corrected chi connectivity index (χ0v) is 11.6. The van der Waals surface area contributed by atoms with Crippen LogP contribution in [-0.2, 0) is 0 Å². The van der Waals surface area contributed by atoms with Gasteiger partial charge < -0.3 is 10.6 Å². The average Bonchev–Trinajstić information content (AvgIpc) is 2.38. The molecule has 0 aromatic heterocycles. The standard InChI is InChI=1S/C13H18ClN3O2/c1-9(15)10-4-3-7-16(8-10)12-6-2-5-11(14)13(12)17(18)19/h2,5-6,9-10H,3-4,7-8,15H2,1H3. The molecule has 6 heteroatoms. The second-order valence-electron chi connectivity index (χ2n) is 5.07. The molecule has 104 valence electrons. The van der Waals surface area contributed by atoms with E-state index in [-0.39, 0.29) is 16.8 Å². The highest BCUT2D eigenvalue weighted by atomic mass is 35.5. The smallest absolute Gasteiger partial charge is 0.310 e. The lowest BCUT2D eigenvalue weighted by Crippen LogP contribution is -2.42. The fourth-order valence-electron chi connectivity index (χ4n) is 2.60. The molecule has 2 rings (SSSR count). The summed E-state index contributed by atoms with van der Waals surface area (Å²) >= 11 is 5.95. The van der Waals surface area contributed by atoms with E-state index < -0.39 is 4.92 Å². The number of piperidine rings is 1. The Morgan fingerprint density at radius 3 is 2.95 bits per heavy atom. The zero-order valence-electron chi connectivity index (χ0n) is 10.9. The molecule has 5 nitrogen and oxygen atoms in total. The van der Waals surface area contributed by atoms with Crippen LogP contribution < -0.4 is 10.6 Å². The lowest BCUT2D eigenvalue weighted by atomic mass is 9.92. The van der Waals surface area contributed by atoms with Gasteiger partial charge in [-0.15, -0.1) is 0 Å². The van der Waals surface area contributed by atoms with Gasteiger partial charge in [-0.25, -0.2) is 0 Å². The average molecular weight is 284 g/mol. The predicted octanol–water partition coefficient (Wildman–Crippen LogP) is 2.81. The lowest BCUT2D eigenvalue weighted by Gasteiger charge is -2.35. The van der Waals surface area contributed by atoms with Crippen LogP contribution in [0.3, 0.4) is 0 Å². The van der Waals surface area contributed by atoms with E-state index >= 15 is 0 Å². The first kappa shape index (κ1) is 14.1. The molecule has 1 saturated heterocycles. The number of para-hydroxylation sites is 1. The minimum Gasteiger partial charge on any atom is -0.366 e. The van der Waals surface area contributed by atoms with Crippen molar-refractivity contribution in [3.05, 3.63) is 33.3 Å². The van der Waals surface area contributed by atoms with E-state index in [0.29, 0.717) is 11.6 Å². The molecule has 0 spiro atoms. The molecule has 0 bridgehead atoms. The second-order valence-corrected chi connectivity index (χ2v) is 5.48. The first-order chi connectivity index (χ1) is 9.00. The summed E-state index contributed by atoms with van der Waals surface area (Å²) in [6.45, 7) is 3.55. The van der Waals surface area contributed by atoms with Crippen LogP contribution in [0.15, 0.2) is 18.2 Å². The molecule has 0 aliphatic carbocycles. The summed E-state index contributed by atoms with van der Waals surface area (Å²) in [7, 11) is 0. The van der Waals surface area contributed by atoms with Gasteiger partial charge in [-0.1, -0.05) is 17.7 Å². The lowest BCUT2D eigenvalue weighted by molar-refractivity contribution is -0.384. The van der Waals surface area contributed by atoms with Gasteiger partial charge in [0.25, 0.3) is 0 Å². The van der Waals surface area contributed by atoms with Gasteiger partial charge in [0.15, 0.2) is 0 Å². The Hall–Kier alpha value is -1.33. The second kappa shape index (κ2) is 5.75. The topological polar surface area (TPSA) is 72.4 Å². The summed E-state index contributed by atoms with van der Waals surface area (Å²) in [5.74, 6) is 0.368. The van der Waals surface area contributed by atoms with Crippen molar-refractivity contribution < 1.29 is 4.92 Å². The van der Waals surface area contributed by atoms with E-state index in [0.717, 1.165) is 25.9 Å². The highest BCUT2D eigenvalue weighted by molar-refractivity contribution is 6.33. The largest absolute Gasteiger partial charge is 0.366 e. The quantitative estimate of drug-likeness (QED) is 0.684. The third kappa shape index (κ3) is 2.98. The highest BCUT2D eigenvalue weighted by Gasteiger charge is 2.28. The summed E-state index contributed by atoms with van der Waals surface area (Å²) in [6.07, 6.45) is 2.07. The van der Waals surface area contributed by atoms with Crippen LogP contribution in [0.1, 0.15) is 19.8 Å².